The molecule has 0 amide bonds. The van der Waals surface area contributed by atoms with Crippen molar-refractivity contribution < 1.29 is 9.53 Å². The van der Waals surface area contributed by atoms with Gasteiger partial charge in [-0.15, -0.1) is 0 Å². The number of hydrogen-bond acceptors (Lipinski definition) is 3. The van der Waals surface area contributed by atoms with Gasteiger partial charge in [0.15, 0.2) is 0 Å². The number of aromatic nitrogens is 1. The third kappa shape index (κ3) is 4.42. The number of pyridine rings is 1. The van der Waals surface area contributed by atoms with Gasteiger partial charge in [0.25, 0.3) is 0 Å². The molecule has 0 saturated heterocycles. The van der Waals surface area contributed by atoms with Crippen molar-refractivity contribution in [1.29, 1.82) is 0 Å². The average Bonchev–Trinajstić information content (AvgIpc) is 2.22. The van der Waals surface area contributed by atoms with Crippen LogP contribution >= 0.6 is 15.9 Å². The smallest absolute Gasteiger partial charge is 0.312 e. The van der Waals surface area contributed by atoms with Gasteiger partial charge in [0.05, 0.1) is 4.47 Å². The fourth-order valence-electron chi connectivity index (χ4n) is 1.12. The molecule has 15 heavy (non-hydrogen) atoms. The maximum atomic E-state index is 11.4. The van der Waals surface area contributed by atoms with Gasteiger partial charge in [0, 0.05) is 12.6 Å². The number of unbranched alkanes of at least 4 members (excludes halogenated alkanes) is 2. The molecule has 0 aliphatic heterocycles. The average molecular weight is 272 g/mol. The van der Waals surface area contributed by atoms with Crippen molar-refractivity contribution >= 4 is 21.9 Å². The predicted octanol–water partition coefficient (Wildman–Crippen LogP) is 3.33. The summed E-state index contributed by atoms with van der Waals surface area (Å²) in [6.45, 7) is 2.10. The van der Waals surface area contributed by atoms with Gasteiger partial charge in [-0.25, -0.2) is 4.98 Å². The van der Waals surface area contributed by atoms with Crippen molar-refractivity contribution in [3.63, 3.8) is 0 Å². The SMILES string of the molecule is CCCCCC(=O)Oc1ncccc1Br. The number of halogens is 1. The van der Waals surface area contributed by atoms with Gasteiger partial charge < -0.3 is 4.74 Å². The largest absolute Gasteiger partial charge is 0.406 e. The second kappa shape index (κ2) is 6.56. The van der Waals surface area contributed by atoms with Gasteiger partial charge in [-0.05, 0) is 34.5 Å². The van der Waals surface area contributed by atoms with E-state index in [1.165, 1.54) is 0 Å². The molecular weight excluding hydrogens is 258 g/mol. The summed E-state index contributed by atoms with van der Waals surface area (Å²) >= 11 is 3.27. The van der Waals surface area contributed by atoms with E-state index < -0.39 is 0 Å². The first-order valence-electron chi connectivity index (χ1n) is 5.05. The molecular formula is C11H14BrNO2. The highest BCUT2D eigenvalue weighted by Crippen LogP contribution is 2.21. The van der Waals surface area contributed by atoms with Crippen LogP contribution < -0.4 is 4.74 Å². The lowest BCUT2D eigenvalue weighted by Crippen LogP contribution is -2.08. The lowest BCUT2D eigenvalue weighted by molar-refractivity contribution is -0.134. The minimum absolute atomic E-state index is 0.220. The third-order valence-corrected chi connectivity index (χ3v) is 2.52. The third-order valence-electron chi connectivity index (χ3n) is 1.92. The fraction of sp³-hybridized carbons (Fsp3) is 0.455. The Kier molecular flexibility index (Phi) is 5.32. The Hall–Kier alpha value is -0.900. The van der Waals surface area contributed by atoms with E-state index in [9.17, 15) is 4.79 Å². The summed E-state index contributed by atoms with van der Waals surface area (Å²) in [5.41, 5.74) is 0. The predicted molar refractivity (Wildman–Crippen MR) is 61.7 cm³/mol. The number of ether oxygens (including phenoxy) is 1. The first kappa shape index (κ1) is 12.2. The Bertz CT molecular complexity index is 328. The maximum Gasteiger partial charge on any atom is 0.312 e. The maximum absolute atomic E-state index is 11.4. The minimum Gasteiger partial charge on any atom is -0.406 e. The summed E-state index contributed by atoms with van der Waals surface area (Å²) in [5, 5.41) is 0. The number of rotatable bonds is 5. The Labute approximate surface area is 98.0 Å². The Balaban J connectivity index is 2.41. The van der Waals surface area contributed by atoms with Crippen LogP contribution in [0.15, 0.2) is 22.8 Å². The number of nitrogens with zero attached hydrogens (tertiary/aromatic N) is 1. The first-order valence-corrected chi connectivity index (χ1v) is 5.84. The molecule has 1 heterocycles. The zero-order valence-electron chi connectivity index (χ0n) is 8.70. The van der Waals surface area contributed by atoms with Gasteiger partial charge in [0.2, 0.25) is 5.88 Å². The lowest BCUT2D eigenvalue weighted by atomic mass is 10.2. The zero-order valence-corrected chi connectivity index (χ0v) is 10.3. The monoisotopic (exact) mass is 271 g/mol. The highest BCUT2D eigenvalue weighted by molar-refractivity contribution is 9.10. The standard InChI is InChI=1S/C11H14BrNO2/c1-2-3-4-7-10(14)15-11-9(12)6-5-8-13-11/h5-6,8H,2-4,7H2,1H3. The normalized spacial score (nSPS) is 10.0. The Morgan fingerprint density at radius 3 is 3.00 bits per heavy atom. The lowest BCUT2D eigenvalue weighted by Gasteiger charge is -2.04. The molecule has 0 N–H and O–H groups in total. The molecule has 0 unspecified atom stereocenters. The minimum atomic E-state index is -0.220. The van der Waals surface area contributed by atoms with Crippen molar-refractivity contribution in [2.45, 2.75) is 32.6 Å². The van der Waals surface area contributed by atoms with Crippen molar-refractivity contribution in [3.05, 3.63) is 22.8 Å². The summed E-state index contributed by atoms with van der Waals surface area (Å²) in [7, 11) is 0. The van der Waals surface area contributed by atoms with E-state index in [1.54, 1.807) is 18.3 Å². The molecule has 0 fully saturated rings. The van der Waals surface area contributed by atoms with Crippen LogP contribution in [0.25, 0.3) is 0 Å². The number of carbonyl (C=O) groups excluding carboxylic acids is 1. The molecule has 0 aromatic carbocycles. The van der Waals surface area contributed by atoms with Gasteiger partial charge in [-0.3, -0.25) is 4.79 Å². The van der Waals surface area contributed by atoms with Crippen LogP contribution in [-0.2, 0) is 4.79 Å². The molecule has 4 heteroatoms. The van der Waals surface area contributed by atoms with E-state index in [2.05, 4.69) is 27.8 Å². The molecule has 0 aliphatic carbocycles. The second-order valence-corrected chi connectivity index (χ2v) is 4.08. The molecule has 1 aromatic rings. The molecule has 0 spiro atoms. The highest BCUT2D eigenvalue weighted by Gasteiger charge is 2.07. The van der Waals surface area contributed by atoms with Gasteiger partial charge in [-0.1, -0.05) is 19.8 Å². The molecule has 0 aliphatic rings. The summed E-state index contributed by atoms with van der Waals surface area (Å²) in [6, 6.07) is 3.57. The van der Waals surface area contributed by atoms with E-state index in [1.807, 2.05) is 0 Å². The summed E-state index contributed by atoms with van der Waals surface area (Å²) in [6.07, 6.45) is 5.08. The van der Waals surface area contributed by atoms with Crippen LogP contribution in [-0.4, -0.2) is 11.0 Å². The number of hydrogen-bond donors (Lipinski definition) is 0. The first-order chi connectivity index (χ1) is 7.24. The molecule has 0 atom stereocenters. The summed E-state index contributed by atoms with van der Waals surface area (Å²) < 4.78 is 5.80. The van der Waals surface area contributed by atoms with E-state index in [4.69, 9.17) is 4.74 Å². The van der Waals surface area contributed by atoms with E-state index in [-0.39, 0.29) is 5.97 Å². The molecule has 0 saturated carbocycles. The highest BCUT2D eigenvalue weighted by atomic mass is 79.9. The van der Waals surface area contributed by atoms with Crippen LogP contribution in [0.1, 0.15) is 32.6 Å². The van der Waals surface area contributed by atoms with Crippen molar-refractivity contribution in [3.8, 4) is 5.88 Å². The van der Waals surface area contributed by atoms with Crippen LogP contribution in [0.3, 0.4) is 0 Å². The zero-order chi connectivity index (χ0) is 11.1. The number of carbonyl (C=O) groups is 1. The van der Waals surface area contributed by atoms with Gasteiger partial charge in [-0.2, -0.15) is 0 Å². The van der Waals surface area contributed by atoms with E-state index in [0.29, 0.717) is 16.8 Å². The van der Waals surface area contributed by atoms with Crippen molar-refractivity contribution in [2.24, 2.45) is 0 Å². The molecule has 1 aromatic heterocycles. The summed E-state index contributed by atoms with van der Waals surface area (Å²) in [5.74, 6) is 0.127. The molecule has 82 valence electrons. The van der Waals surface area contributed by atoms with Crippen LogP contribution in [0.5, 0.6) is 5.88 Å². The van der Waals surface area contributed by atoms with Crippen LogP contribution in [0, 0.1) is 0 Å². The van der Waals surface area contributed by atoms with Crippen LogP contribution in [0.4, 0.5) is 0 Å². The van der Waals surface area contributed by atoms with E-state index in [0.717, 1.165) is 19.3 Å². The van der Waals surface area contributed by atoms with Crippen molar-refractivity contribution in [1.82, 2.24) is 4.98 Å². The van der Waals surface area contributed by atoms with E-state index >= 15 is 0 Å². The Morgan fingerprint density at radius 2 is 2.33 bits per heavy atom. The fourth-order valence-corrected chi connectivity index (χ4v) is 1.46. The van der Waals surface area contributed by atoms with Gasteiger partial charge >= 0.3 is 5.97 Å². The topological polar surface area (TPSA) is 39.2 Å². The molecule has 1 rings (SSSR count). The molecule has 0 radical (unpaired) electrons. The number of esters is 1. The van der Waals surface area contributed by atoms with Crippen molar-refractivity contribution in [2.75, 3.05) is 0 Å². The van der Waals surface area contributed by atoms with Crippen LogP contribution in [0.2, 0.25) is 0 Å². The molecule has 3 nitrogen and oxygen atoms in total. The summed E-state index contributed by atoms with van der Waals surface area (Å²) in [4.78, 5) is 15.3. The molecule has 0 bridgehead atoms. The Morgan fingerprint density at radius 1 is 1.53 bits per heavy atom. The second-order valence-electron chi connectivity index (χ2n) is 3.22. The quantitative estimate of drug-likeness (QED) is 0.609. The van der Waals surface area contributed by atoms with Gasteiger partial charge in [0.1, 0.15) is 0 Å².